The Balaban J connectivity index is 2.15. The second kappa shape index (κ2) is 5.40. The monoisotopic (exact) mass is 278 g/mol. The van der Waals surface area contributed by atoms with E-state index in [1.165, 1.54) is 25.0 Å². The molecule has 0 aliphatic heterocycles. The highest BCUT2D eigenvalue weighted by Crippen LogP contribution is 2.21. The standard InChI is InChI=1S/C12H14N4O2S/c1-6-10(8(3)17)7(2)15-11(6)9(18)4-19-12-13-5-14-16-12/h5,15H,4H2,1-3H3,(H,13,14,16). The molecule has 0 bridgehead atoms. The number of H-pyrrole nitrogens is 2. The van der Waals surface area contributed by atoms with E-state index in [-0.39, 0.29) is 17.3 Å². The molecule has 0 atom stereocenters. The molecule has 0 amide bonds. The minimum atomic E-state index is -0.0606. The number of nitrogens with zero attached hydrogens (tertiary/aromatic N) is 2. The topological polar surface area (TPSA) is 91.5 Å². The molecule has 6 nitrogen and oxygen atoms in total. The molecule has 0 saturated carbocycles. The van der Waals surface area contributed by atoms with Crippen LogP contribution in [0, 0.1) is 13.8 Å². The van der Waals surface area contributed by atoms with Gasteiger partial charge in [-0.2, -0.15) is 5.10 Å². The number of aromatic nitrogens is 4. The van der Waals surface area contributed by atoms with E-state index in [0.717, 1.165) is 5.69 Å². The Hall–Kier alpha value is -1.89. The van der Waals surface area contributed by atoms with E-state index in [0.29, 0.717) is 22.0 Å². The van der Waals surface area contributed by atoms with Crippen LogP contribution in [0.2, 0.25) is 0 Å². The number of hydrogen-bond donors (Lipinski definition) is 2. The molecule has 0 fully saturated rings. The fourth-order valence-corrected chi connectivity index (χ4v) is 2.68. The summed E-state index contributed by atoms with van der Waals surface area (Å²) >= 11 is 1.28. The molecule has 2 N–H and O–H groups in total. The molecule has 0 aliphatic rings. The van der Waals surface area contributed by atoms with Crippen LogP contribution in [0.25, 0.3) is 0 Å². The van der Waals surface area contributed by atoms with Crippen molar-refractivity contribution >= 4 is 23.3 Å². The zero-order valence-electron chi connectivity index (χ0n) is 10.9. The van der Waals surface area contributed by atoms with Crippen molar-refractivity contribution in [3.8, 4) is 0 Å². The maximum absolute atomic E-state index is 12.1. The minimum absolute atomic E-state index is 0.0341. The lowest BCUT2D eigenvalue weighted by molar-refractivity contribution is 0.101. The normalized spacial score (nSPS) is 10.7. The van der Waals surface area contributed by atoms with Crippen LogP contribution in [0.1, 0.15) is 39.0 Å². The Kier molecular flexibility index (Phi) is 3.84. The van der Waals surface area contributed by atoms with E-state index in [4.69, 9.17) is 0 Å². The van der Waals surface area contributed by atoms with E-state index < -0.39 is 0 Å². The lowest BCUT2D eigenvalue weighted by Gasteiger charge is -1.99. The van der Waals surface area contributed by atoms with E-state index in [2.05, 4.69) is 20.2 Å². The summed E-state index contributed by atoms with van der Waals surface area (Å²) in [7, 11) is 0. The summed E-state index contributed by atoms with van der Waals surface area (Å²) in [6.45, 7) is 5.08. The van der Waals surface area contributed by atoms with Crippen molar-refractivity contribution in [2.24, 2.45) is 0 Å². The minimum Gasteiger partial charge on any atom is -0.355 e. The van der Waals surface area contributed by atoms with Gasteiger partial charge < -0.3 is 4.98 Å². The van der Waals surface area contributed by atoms with E-state index >= 15 is 0 Å². The number of thioether (sulfide) groups is 1. The summed E-state index contributed by atoms with van der Waals surface area (Å²) in [6, 6.07) is 0. The second-order valence-electron chi connectivity index (χ2n) is 4.18. The van der Waals surface area contributed by atoms with Crippen LogP contribution in [0.5, 0.6) is 0 Å². The molecule has 19 heavy (non-hydrogen) atoms. The van der Waals surface area contributed by atoms with Gasteiger partial charge >= 0.3 is 0 Å². The second-order valence-corrected chi connectivity index (χ2v) is 5.15. The lowest BCUT2D eigenvalue weighted by atomic mass is 10.1. The molecule has 2 heterocycles. The third-order valence-corrected chi connectivity index (χ3v) is 3.68. The molecule has 7 heteroatoms. The Bertz CT molecular complexity index is 616. The Morgan fingerprint density at radius 2 is 2.11 bits per heavy atom. The number of nitrogens with one attached hydrogen (secondary N) is 2. The Labute approximate surface area is 114 Å². The molecule has 2 aromatic heterocycles. The maximum Gasteiger partial charge on any atom is 0.189 e. The van der Waals surface area contributed by atoms with E-state index in [1.54, 1.807) is 13.8 Å². The summed E-state index contributed by atoms with van der Waals surface area (Å²) < 4.78 is 0. The highest BCUT2D eigenvalue weighted by molar-refractivity contribution is 7.99. The first-order valence-electron chi connectivity index (χ1n) is 5.72. The first-order chi connectivity index (χ1) is 9.00. The summed E-state index contributed by atoms with van der Waals surface area (Å²) in [5.41, 5.74) is 2.55. The number of carbonyl (C=O) groups is 2. The zero-order valence-corrected chi connectivity index (χ0v) is 11.7. The maximum atomic E-state index is 12.1. The largest absolute Gasteiger partial charge is 0.355 e. The van der Waals surface area contributed by atoms with Crippen LogP contribution in [0.4, 0.5) is 0 Å². The van der Waals surface area contributed by atoms with Crippen molar-refractivity contribution in [3.63, 3.8) is 0 Å². The van der Waals surface area contributed by atoms with Crippen LogP contribution in [-0.2, 0) is 0 Å². The van der Waals surface area contributed by atoms with Crippen LogP contribution in [0.3, 0.4) is 0 Å². The van der Waals surface area contributed by atoms with Crippen LogP contribution < -0.4 is 0 Å². The SMILES string of the molecule is CC(=O)c1c(C)[nH]c(C(=O)CSc2ncn[nH]2)c1C. The Morgan fingerprint density at radius 1 is 1.37 bits per heavy atom. The molecular formula is C12H14N4O2S. The summed E-state index contributed by atoms with van der Waals surface area (Å²) in [4.78, 5) is 30.6. The molecule has 0 saturated heterocycles. The molecule has 0 spiro atoms. The van der Waals surface area contributed by atoms with Gasteiger partial charge in [0, 0.05) is 11.3 Å². The highest BCUT2D eigenvalue weighted by Gasteiger charge is 2.19. The van der Waals surface area contributed by atoms with Crippen molar-refractivity contribution in [1.29, 1.82) is 0 Å². The molecule has 0 unspecified atom stereocenters. The van der Waals surface area contributed by atoms with Crippen molar-refractivity contribution in [3.05, 3.63) is 28.8 Å². The van der Waals surface area contributed by atoms with Crippen molar-refractivity contribution in [2.45, 2.75) is 25.9 Å². The Morgan fingerprint density at radius 3 is 2.63 bits per heavy atom. The molecule has 0 aliphatic carbocycles. The molecule has 2 rings (SSSR count). The average Bonchev–Trinajstić information content (AvgIpc) is 2.94. The average molecular weight is 278 g/mol. The van der Waals surface area contributed by atoms with Gasteiger partial charge in [-0.05, 0) is 26.3 Å². The molecule has 0 aromatic carbocycles. The molecular weight excluding hydrogens is 264 g/mol. The summed E-state index contributed by atoms with van der Waals surface area (Å²) in [5.74, 6) is 0.149. The van der Waals surface area contributed by atoms with Gasteiger partial charge in [-0.15, -0.1) is 0 Å². The number of ketones is 2. The van der Waals surface area contributed by atoms with Crippen molar-refractivity contribution in [1.82, 2.24) is 20.2 Å². The van der Waals surface area contributed by atoms with Gasteiger partial charge in [-0.25, -0.2) is 4.98 Å². The first kappa shape index (κ1) is 13.5. The molecule has 0 radical (unpaired) electrons. The van der Waals surface area contributed by atoms with Crippen molar-refractivity contribution < 1.29 is 9.59 Å². The highest BCUT2D eigenvalue weighted by atomic mass is 32.2. The van der Waals surface area contributed by atoms with Crippen molar-refractivity contribution in [2.75, 3.05) is 5.75 Å². The van der Waals surface area contributed by atoms with E-state index in [1.807, 2.05) is 0 Å². The van der Waals surface area contributed by atoms with Gasteiger partial charge in [0.15, 0.2) is 16.7 Å². The third kappa shape index (κ3) is 2.76. The number of Topliss-reactive ketones (excluding diaryl/α,β-unsaturated/α-hetero) is 2. The quantitative estimate of drug-likeness (QED) is 0.644. The van der Waals surface area contributed by atoms with Gasteiger partial charge in [-0.1, -0.05) is 11.8 Å². The molecule has 100 valence electrons. The number of hydrogen-bond acceptors (Lipinski definition) is 5. The fraction of sp³-hybridized carbons (Fsp3) is 0.333. The summed E-state index contributed by atoms with van der Waals surface area (Å²) in [5, 5.41) is 6.99. The molecule has 2 aromatic rings. The van der Waals surface area contributed by atoms with Gasteiger partial charge in [0.05, 0.1) is 11.4 Å². The van der Waals surface area contributed by atoms with Crippen LogP contribution in [0.15, 0.2) is 11.5 Å². The zero-order chi connectivity index (χ0) is 14.0. The van der Waals surface area contributed by atoms with Crippen LogP contribution >= 0.6 is 11.8 Å². The predicted molar refractivity (Wildman–Crippen MR) is 71.7 cm³/mol. The number of carbonyl (C=O) groups excluding carboxylic acids is 2. The summed E-state index contributed by atoms with van der Waals surface area (Å²) in [6.07, 6.45) is 1.39. The predicted octanol–water partition coefficient (Wildman–Crippen LogP) is 1.93. The van der Waals surface area contributed by atoms with Gasteiger partial charge in [0.1, 0.15) is 6.33 Å². The van der Waals surface area contributed by atoms with Gasteiger partial charge in [0.25, 0.3) is 0 Å². The lowest BCUT2D eigenvalue weighted by Crippen LogP contribution is -2.05. The van der Waals surface area contributed by atoms with E-state index in [9.17, 15) is 9.59 Å². The number of aromatic amines is 2. The fourth-order valence-electron chi connectivity index (χ4n) is 2.03. The third-order valence-electron chi connectivity index (χ3n) is 2.80. The van der Waals surface area contributed by atoms with Gasteiger partial charge in [-0.3, -0.25) is 14.7 Å². The first-order valence-corrected chi connectivity index (χ1v) is 6.70. The smallest absolute Gasteiger partial charge is 0.189 e. The van der Waals surface area contributed by atoms with Crippen LogP contribution in [-0.4, -0.2) is 37.5 Å². The van der Waals surface area contributed by atoms with Gasteiger partial charge in [0.2, 0.25) is 0 Å². The number of rotatable bonds is 5. The number of aryl methyl sites for hydroxylation is 1.